The van der Waals surface area contributed by atoms with Crippen molar-refractivity contribution in [3.05, 3.63) is 59.2 Å². The number of likely N-dealkylation sites (N-methyl/N-ethyl adjacent to an activating group) is 1. The van der Waals surface area contributed by atoms with Crippen molar-refractivity contribution in [2.75, 3.05) is 40.9 Å². The average molecular weight is 455 g/mol. The maximum Gasteiger partial charge on any atom is 0.295 e. The lowest BCUT2D eigenvalue weighted by Gasteiger charge is -2.26. The van der Waals surface area contributed by atoms with Crippen LogP contribution in [0.3, 0.4) is 0 Å². The fourth-order valence-corrected chi connectivity index (χ4v) is 3.71. The Labute approximate surface area is 193 Å². The highest BCUT2D eigenvalue weighted by atomic mass is 16.5. The number of aliphatic hydroxyl groups is 1. The Hall–Kier alpha value is -3.52. The summed E-state index contributed by atoms with van der Waals surface area (Å²) < 4.78 is 10.7. The number of amides is 1. The van der Waals surface area contributed by atoms with E-state index in [0.29, 0.717) is 36.8 Å². The van der Waals surface area contributed by atoms with E-state index in [9.17, 15) is 19.8 Å². The molecule has 0 bridgehead atoms. The molecule has 1 atom stereocenters. The Morgan fingerprint density at radius 2 is 1.76 bits per heavy atom. The number of benzene rings is 2. The van der Waals surface area contributed by atoms with Crippen molar-refractivity contribution in [3.8, 4) is 17.2 Å². The predicted octanol–water partition coefficient (Wildman–Crippen LogP) is 3.17. The number of carbonyl (C=O) groups excluding carboxylic acids is 2. The molecule has 1 heterocycles. The first-order valence-electron chi connectivity index (χ1n) is 10.8. The van der Waals surface area contributed by atoms with Crippen LogP contribution < -0.4 is 9.47 Å². The highest BCUT2D eigenvalue weighted by molar-refractivity contribution is 6.46. The molecule has 0 aromatic heterocycles. The monoisotopic (exact) mass is 454 g/mol. The van der Waals surface area contributed by atoms with Crippen molar-refractivity contribution in [1.29, 1.82) is 0 Å². The Bertz CT molecular complexity index is 1050. The maximum absolute atomic E-state index is 13.0. The zero-order valence-electron chi connectivity index (χ0n) is 19.4. The molecule has 0 unspecified atom stereocenters. The van der Waals surface area contributed by atoms with Crippen molar-refractivity contribution < 1.29 is 29.3 Å². The fourth-order valence-electron chi connectivity index (χ4n) is 3.71. The van der Waals surface area contributed by atoms with Gasteiger partial charge in [-0.15, -0.1) is 0 Å². The standard InChI is InChI=1S/C25H30N2O6/c1-5-14-33-17-8-6-16(7-9-17)22-21(24(30)25(31)27(22)13-12-26(2)3)23(29)19-11-10-18(32-4)15-20(19)28/h6-11,15,22,28-29H,5,12-14H2,1-4H3/t22-/m1/s1. The van der Waals surface area contributed by atoms with Gasteiger partial charge < -0.3 is 29.5 Å². The highest BCUT2D eigenvalue weighted by Crippen LogP contribution is 2.41. The van der Waals surface area contributed by atoms with Gasteiger partial charge in [0.2, 0.25) is 0 Å². The Morgan fingerprint density at radius 3 is 2.33 bits per heavy atom. The summed E-state index contributed by atoms with van der Waals surface area (Å²) >= 11 is 0. The second-order valence-electron chi connectivity index (χ2n) is 8.10. The molecule has 0 spiro atoms. The minimum atomic E-state index is -0.799. The summed E-state index contributed by atoms with van der Waals surface area (Å²) in [6.45, 7) is 3.43. The second-order valence-corrected chi connectivity index (χ2v) is 8.10. The molecule has 1 fully saturated rings. The first-order valence-corrected chi connectivity index (χ1v) is 10.8. The van der Waals surface area contributed by atoms with E-state index in [1.165, 1.54) is 24.1 Å². The molecule has 2 N–H and O–H groups in total. The predicted molar refractivity (Wildman–Crippen MR) is 124 cm³/mol. The van der Waals surface area contributed by atoms with Gasteiger partial charge in [0, 0.05) is 19.2 Å². The Morgan fingerprint density at radius 1 is 1.09 bits per heavy atom. The van der Waals surface area contributed by atoms with E-state index in [4.69, 9.17) is 9.47 Å². The number of ketones is 1. The number of aliphatic hydroxyl groups excluding tert-OH is 1. The van der Waals surface area contributed by atoms with Gasteiger partial charge in [-0.2, -0.15) is 0 Å². The number of rotatable bonds is 9. The van der Waals surface area contributed by atoms with E-state index >= 15 is 0 Å². The highest BCUT2D eigenvalue weighted by Gasteiger charge is 2.46. The molecular weight excluding hydrogens is 424 g/mol. The summed E-state index contributed by atoms with van der Waals surface area (Å²) in [6, 6.07) is 10.7. The largest absolute Gasteiger partial charge is 0.507 e. The van der Waals surface area contributed by atoms with Gasteiger partial charge in [0.1, 0.15) is 23.0 Å². The van der Waals surface area contributed by atoms with Crippen LogP contribution in [-0.2, 0) is 9.59 Å². The van der Waals surface area contributed by atoms with Crippen LogP contribution >= 0.6 is 0 Å². The Balaban J connectivity index is 2.10. The number of aromatic hydroxyl groups is 1. The number of hydrogen-bond acceptors (Lipinski definition) is 7. The van der Waals surface area contributed by atoms with E-state index in [2.05, 4.69) is 0 Å². The van der Waals surface area contributed by atoms with Crippen molar-refractivity contribution in [3.63, 3.8) is 0 Å². The molecule has 0 radical (unpaired) electrons. The molecule has 176 valence electrons. The summed E-state index contributed by atoms with van der Waals surface area (Å²) in [5, 5.41) is 21.5. The SMILES string of the molecule is CCCOc1ccc([C@@H]2C(=C(O)c3ccc(OC)cc3O)C(=O)C(=O)N2CCN(C)C)cc1. The molecule has 8 nitrogen and oxygen atoms in total. The van der Waals surface area contributed by atoms with Crippen molar-refractivity contribution in [2.24, 2.45) is 0 Å². The zero-order chi connectivity index (χ0) is 24.1. The molecule has 0 saturated carbocycles. The van der Waals surface area contributed by atoms with Crippen LogP contribution in [0.2, 0.25) is 0 Å². The van der Waals surface area contributed by atoms with Crippen molar-refractivity contribution >= 4 is 17.4 Å². The van der Waals surface area contributed by atoms with Gasteiger partial charge in [0.15, 0.2) is 0 Å². The summed E-state index contributed by atoms with van der Waals surface area (Å²) in [5.41, 5.74) is 0.641. The molecule has 1 amide bonds. The Kier molecular flexibility index (Phi) is 7.60. The minimum absolute atomic E-state index is 0.0503. The number of likely N-dealkylation sites (tertiary alicyclic amines) is 1. The summed E-state index contributed by atoms with van der Waals surface area (Å²) in [7, 11) is 5.21. The number of nitrogens with zero attached hydrogens (tertiary/aromatic N) is 2. The van der Waals surface area contributed by atoms with E-state index in [1.807, 2.05) is 25.9 Å². The van der Waals surface area contributed by atoms with Gasteiger partial charge in [-0.1, -0.05) is 19.1 Å². The van der Waals surface area contributed by atoms with Crippen LogP contribution in [0.4, 0.5) is 0 Å². The lowest BCUT2D eigenvalue weighted by molar-refractivity contribution is -0.140. The van der Waals surface area contributed by atoms with E-state index < -0.39 is 23.5 Å². The third kappa shape index (κ3) is 5.12. The molecule has 33 heavy (non-hydrogen) atoms. The molecule has 1 aliphatic heterocycles. The normalized spacial score (nSPS) is 17.6. The van der Waals surface area contributed by atoms with Gasteiger partial charge in [0.05, 0.1) is 30.9 Å². The fraction of sp³-hybridized carbons (Fsp3) is 0.360. The first-order chi connectivity index (χ1) is 15.8. The maximum atomic E-state index is 13.0. The molecule has 3 rings (SSSR count). The number of methoxy groups -OCH3 is 1. The lowest BCUT2D eigenvalue weighted by Crippen LogP contribution is -2.35. The second kappa shape index (κ2) is 10.4. The van der Waals surface area contributed by atoms with Gasteiger partial charge >= 0.3 is 0 Å². The average Bonchev–Trinajstić information content (AvgIpc) is 3.06. The van der Waals surface area contributed by atoms with Crippen molar-refractivity contribution in [2.45, 2.75) is 19.4 Å². The number of Topliss-reactive ketones (excluding diaryl/α,β-unsaturated/α-hetero) is 1. The van der Waals surface area contributed by atoms with E-state index in [0.717, 1.165) is 6.42 Å². The molecule has 2 aromatic carbocycles. The number of hydrogen-bond donors (Lipinski definition) is 2. The zero-order valence-corrected chi connectivity index (χ0v) is 19.4. The molecular formula is C25H30N2O6. The quantitative estimate of drug-likeness (QED) is 0.341. The number of phenols is 1. The van der Waals surface area contributed by atoms with Gasteiger partial charge in [0.25, 0.3) is 11.7 Å². The number of phenolic OH excluding ortho intramolecular Hbond substituents is 1. The summed E-state index contributed by atoms with van der Waals surface area (Å²) in [6.07, 6.45) is 0.873. The lowest BCUT2D eigenvalue weighted by atomic mass is 9.95. The third-order valence-electron chi connectivity index (χ3n) is 5.46. The molecule has 0 aliphatic carbocycles. The minimum Gasteiger partial charge on any atom is -0.507 e. The van der Waals surface area contributed by atoms with Gasteiger partial charge in [-0.3, -0.25) is 9.59 Å². The van der Waals surface area contributed by atoms with Gasteiger partial charge in [-0.05, 0) is 50.3 Å². The molecule has 8 heteroatoms. The molecule has 1 aliphatic rings. The van der Waals surface area contributed by atoms with Crippen LogP contribution in [0.15, 0.2) is 48.0 Å². The van der Waals surface area contributed by atoms with Crippen LogP contribution in [0.25, 0.3) is 5.76 Å². The van der Waals surface area contributed by atoms with Crippen molar-refractivity contribution in [1.82, 2.24) is 9.80 Å². The summed E-state index contributed by atoms with van der Waals surface area (Å²) in [5.74, 6) is -1.10. The molecule has 1 saturated heterocycles. The smallest absolute Gasteiger partial charge is 0.295 e. The summed E-state index contributed by atoms with van der Waals surface area (Å²) in [4.78, 5) is 29.4. The topological polar surface area (TPSA) is 99.5 Å². The van der Waals surface area contributed by atoms with Crippen LogP contribution in [0, 0.1) is 0 Å². The van der Waals surface area contributed by atoms with E-state index in [-0.39, 0.29) is 16.9 Å². The first kappa shape index (κ1) is 24.1. The number of ether oxygens (including phenoxy) is 2. The molecule has 2 aromatic rings. The van der Waals surface area contributed by atoms with Crippen LogP contribution in [-0.4, -0.2) is 72.6 Å². The van der Waals surface area contributed by atoms with Crippen LogP contribution in [0.1, 0.15) is 30.5 Å². The van der Waals surface area contributed by atoms with E-state index in [1.54, 1.807) is 30.3 Å². The van der Waals surface area contributed by atoms with Gasteiger partial charge in [-0.25, -0.2) is 0 Å². The third-order valence-corrected chi connectivity index (χ3v) is 5.46. The number of carbonyl (C=O) groups is 2. The van der Waals surface area contributed by atoms with Crippen LogP contribution in [0.5, 0.6) is 17.2 Å².